The summed E-state index contributed by atoms with van der Waals surface area (Å²) in [5.41, 5.74) is -1.19. The molecule has 0 radical (unpaired) electrons. The SMILES string of the molecule is COC(=O)[C@H](CC/C=C/C(=O)N1[C@H]2C[C@H]3CC[C@]2(CS1(=O)=O)C3(C)C)NC(=O)OC(C)(C)C. The fraction of sp³-hybridized carbons (Fsp3) is 0.783. The van der Waals surface area contributed by atoms with Crippen LogP contribution < -0.4 is 5.32 Å². The van der Waals surface area contributed by atoms with Crippen LogP contribution in [-0.2, 0) is 29.1 Å². The van der Waals surface area contributed by atoms with E-state index in [-0.39, 0.29) is 35.5 Å². The number of esters is 1. The van der Waals surface area contributed by atoms with E-state index in [1.54, 1.807) is 20.8 Å². The Hall–Kier alpha value is -2.10. The number of ether oxygens (including phenoxy) is 2. The van der Waals surface area contributed by atoms with Crippen molar-refractivity contribution in [2.75, 3.05) is 12.9 Å². The average Bonchev–Trinajstić information content (AvgIpc) is 3.15. The highest BCUT2D eigenvalue weighted by atomic mass is 32.2. The van der Waals surface area contributed by atoms with Gasteiger partial charge in [0.1, 0.15) is 11.6 Å². The van der Waals surface area contributed by atoms with Crippen LogP contribution in [0.2, 0.25) is 0 Å². The van der Waals surface area contributed by atoms with Crippen molar-refractivity contribution in [3.8, 4) is 0 Å². The van der Waals surface area contributed by atoms with Crippen LogP contribution >= 0.6 is 0 Å². The largest absolute Gasteiger partial charge is 0.467 e. The quantitative estimate of drug-likeness (QED) is 0.455. The number of carbonyl (C=O) groups excluding carboxylic acids is 3. The second-order valence-corrected chi connectivity index (χ2v) is 12.8. The molecule has 2 bridgehead atoms. The number of nitrogens with zero attached hydrogens (tertiary/aromatic N) is 1. The minimum absolute atomic E-state index is 0.0258. The first-order valence-corrected chi connectivity index (χ1v) is 13.1. The minimum atomic E-state index is -3.68. The number of carbonyl (C=O) groups is 3. The number of amides is 2. The lowest BCUT2D eigenvalue weighted by Gasteiger charge is -2.36. The third kappa shape index (κ3) is 4.63. The number of hydrogen-bond donors (Lipinski definition) is 1. The lowest BCUT2D eigenvalue weighted by Crippen LogP contribution is -2.44. The molecule has 186 valence electrons. The Morgan fingerprint density at radius 1 is 1.24 bits per heavy atom. The van der Waals surface area contributed by atoms with E-state index in [0.717, 1.165) is 23.6 Å². The Labute approximate surface area is 196 Å². The van der Waals surface area contributed by atoms with Gasteiger partial charge in [-0.05, 0) is 64.2 Å². The first kappa shape index (κ1) is 25.5. The van der Waals surface area contributed by atoms with E-state index in [4.69, 9.17) is 9.47 Å². The summed E-state index contributed by atoms with van der Waals surface area (Å²) < 4.78 is 36.9. The topological polar surface area (TPSA) is 119 Å². The van der Waals surface area contributed by atoms with E-state index in [1.165, 1.54) is 19.3 Å². The normalized spacial score (nSPS) is 30.2. The molecule has 0 aromatic carbocycles. The average molecular weight is 485 g/mol. The zero-order chi connectivity index (χ0) is 24.8. The molecule has 1 spiro atoms. The first-order chi connectivity index (χ1) is 15.1. The van der Waals surface area contributed by atoms with Gasteiger partial charge >= 0.3 is 12.1 Å². The van der Waals surface area contributed by atoms with Gasteiger partial charge in [0.25, 0.3) is 5.91 Å². The Balaban J connectivity index is 1.63. The Morgan fingerprint density at radius 3 is 2.48 bits per heavy atom. The van der Waals surface area contributed by atoms with Gasteiger partial charge in [0.2, 0.25) is 10.0 Å². The smallest absolute Gasteiger partial charge is 0.408 e. The summed E-state index contributed by atoms with van der Waals surface area (Å²) in [6, 6.07) is -1.24. The molecule has 0 aromatic heterocycles. The van der Waals surface area contributed by atoms with E-state index < -0.39 is 39.6 Å². The van der Waals surface area contributed by atoms with E-state index in [1.807, 2.05) is 0 Å². The van der Waals surface area contributed by atoms with Crippen molar-refractivity contribution in [1.82, 2.24) is 9.62 Å². The number of allylic oxidation sites excluding steroid dienone is 1. The maximum absolute atomic E-state index is 12.9. The van der Waals surface area contributed by atoms with Crippen LogP contribution in [0.15, 0.2) is 12.2 Å². The molecular formula is C23H36N2O7S. The van der Waals surface area contributed by atoms with Gasteiger partial charge in [0, 0.05) is 11.5 Å². The van der Waals surface area contributed by atoms with Gasteiger partial charge in [0.05, 0.1) is 18.9 Å². The molecule has 9 nitrogen and oxygen atoms in total. The molecule has 33 heavy (non-hydrogen) atoms. The number of rotatable bonds is 6. The summed E-state index contributed by atoms with van der Waals surface area (Å²) in [4.78, 5) is 37.0. The number of nitrogens with one attached hydrogen (secondary N) is 1. The van der Waals surface area contributed by atoms with E-state index in [9.17, 15) is 22.8 Å². The maximum Gasteiger partial charge on any atom is 0.408 e. The van der Waals surface area contributed by atoms with E-state index in [2.05, 4.69) is 19.2 Å². The number of sulfonamides is 1. The van der Waals surface area contributed by atoms with Crippen molar-refractivity contribution in [2.45, 2.75) is 84.4 Å². The fourth-order valence-corrected chi connectivity index (χ4v) is 8.45. The van der Waals surface area contributed by atoms with Crippen LogP contribution in [0, 0.1) is 16.7 Å². The molecule has 4 atom stereocenters. The van der Waals surface area contributed by atoms with Gasteiger partial charge in [-0.15, -0.1) is 0 Å². The van der Waals surface area contributed by atoms with Crippen molar-refractivity contribution < 1.29 is 32.3 Å². The van der Waals surface area contributed by atoms with Gasteiger partial charge in [-0.2, -0.15) is 0 Å². The summed E-state index contributed by atoms with van der Waals surface area (Å²) in [5, 5.41) is 2.48. The van der Waals surface area contributed by atoms with Gasteiger partial charge < -0.3 is 14.8 Å². The van der Waals surface area contributed by atoms with Crippen LogP contribution in [0.25, 0.3) is 0 Å². The highest BCUT2D eigenvalue weighted by Crippen LogP contribution is 2.69. The third-order valence-electron chi connectivity index (χ3n) is 7.69. The summed E-state index contributed by atoms with van der Waals surface area (Å²) in [6.07, 6.45) is 5.05. The third-order valence-corrected chi connectivity index (χ3v) is 9.60. The summed E-state index contributed by atoms with van der Waals surface area (Å²) in [5.74, 6) is -0.723. The Morgan fingerprint density at radius 2 is 1.91 bits per heavy atom. The van der Waals surface area contributed by atoms with Gasteiger partial charge in [-0.1, -0.05) is 19.9 Å². The molecular weight excluding hydrogens is 448 g/mol. The first-order valence-electron chi connectivity index (χ1n) is 11.4. The van der Waals surface area contributed by atoms with E-state index >= 15 is 0 Å². The van der Waals surface area contributed by atoms with Gasteiger partial charge in [0.15, 0.2) is 0 Å². The van der Waals surface area contributed by atoms with Crippen molar-refractivity contribution in [3.63, 3.8) is 0 Å². The van der Waals surface area contributed by atoms with E-state index in [0.29, 0.717) is 5.92 Å². The molecule has 10 heteroatoms. The zero-order valence-corrected chi connectivity index (χ0v) is 21.2. The summed E-state index contributed by atoms with van der Waals surface area (Å²) in [7, 11) is -2.46. The van der Waals surface area contributed by atoms with Gasteiger partial charge in [-0.3, -0.25) is 4.79 Å². The number of fused-ring (bicyclic) bond motifs is 1. The molecule has 3 fully saturated rings. The van der Waals surface area contributed by atoms with Crippen LogP contribution in [0.1, 0.15) is 66.7 Å². The monoisotopic (exact) mass is 484 g/mol. The Bertz CT molecular complexity index is 950. The second-order valence-electron chi connectivity index (χ2n) is 11.0. The van der Waals surface area contributed by atoms with Crippen molar-refractivity contribution in [2.24, 2.45) is 16.7 Å². The Kier molecular flexibility index (Phi) is 6.65. The maximum atomic E-state index is 12.9. The van der Waals surface area contributed by atoms with Gasteiger partial charge in [-0.25, -0.2) is 22.3 Å². The van der Waals surface area contributed by atoms with Crippen LogP contribution in [0.3, 0.4) is 0 Å². The molecule has 1 heterocycles. The van der Waals surface area contributed by atoms with Crippen molar-refractivity contribution >= 4 is 28.0 Å². The summed E-state index contributed by atoms with van der Waals surface area (Å²) >= 11 is 0. The van der Waals surface area contributed by atoms with Crippen LogP contribution in [0.4, 0.5) is 4.79 Å². The second kappa shape index (κ2) is 8.60. The molecule has 0 aromatic rings. The van der Waals surface area contributed by atoms with Crippen molar-refractivity contribution in [3.05, 3.63) is 12.2 Å². The molecule has 2 saturated carbocycles. The molecule has 1 saturated heterocycles. The minimum Gasteiger partial charge on any atom is -0.467 e. The molecule has 3 rings (SSSR count). The molecule has 1 aliphatic heterocycles. The molecule has 2 aliphatic carbocycles. The van der Waals surface area contributed by atoms with Crippen LogP contribution in [0.5, 0.6) is 0 Å². The standard InChI is InChI=1S/C23H36N2O7S/c1-21(2,3)32-20(28)24-16(19(27)31-6)9-7-8-10-18(26)25-17-13-15-11-12-23(17,22(15,4)5)14-33(25,29)30/h8,10,15-17H,7,9,11-14H2,1-6H3,(H,24,28)/b10-8+/t15-,16+,17+,23-/m1/s1. The number of alkyl carbamates (subject to hydrolysis) is 1. The highest BCUT2D eigenvalue weighted by Gasteiger charge is 2.72. The lowest BCUT2D eigenvalue weighted by atomic mass is 9.69. The number of hydrogen-bond acceptors (Lipinski definition) is 7. The fourth-order valence-electron chi connectivity index (χ4n) is 5.94. The zero-order valence-electron chi connectivity index (χ0n) is 20.3. The highest BCUT2D eigenvalue weighted by molar-refractivity contribution is 7.90. The predicted molar refractivity (Wildman–Crippen MR) is 122 cm³/mol. The molecule has 1 N–H and O–H groups in total. The van der Waals surface area contributed by atoms with Crippen LogP contribution in [-0.4, -0.2) is 61.2 Å². The number of methoxy groups -OCH3 is 1. The molecule has 3 aliphatic rings. The lowest BCUT2D eigenvalue weighted by molar-refractivity contribution is -0.143. The predicted octanol–water partition coefficient (Wildman–Crippen LogP) is 2.76. The van der Waals surface area contributed by atoms with Crippen molar-refractivity contribution in [1.29, 1.82) is 0 Å². The molecule has 2 amide bonds. The summed E-state index contributed by atoms with van der Waals surface area (Å²) in [6.45, 7) is 9.40. The molecule has 0 unspecified atom stereocenters.